The fourth-order valence-corrected chi connectivity index (χ4v) is 3.46. The molecule has 1 fully saturated rings. The maximum atomic E-state index is 11.8. The first-order chi connectivity index (χ1) is 8.16. The molecule has 0 aromatic rings. The Bertz CT molecular complexity index is 340. The molecule has 0 unspecified atom stereocenters. The molecule has 0 spiro atoms. The van der Waals surface area contributed by atoms with Gasteiger partial charge in [0.05, 0.1) is 11.2 Å². The quantitative estimate of drug-likeness (QED) is 0.442. The third-order valence-corrected chi connectivity index (χ3v) is 4.78. The molecule has 6 heteroatoms. The number of aliphatic carboxylic acids is 1. The predicted molar refractivity (Wildman–Crippen MR) is 64.3 cm³/mol. The Labute approximate surface area is 133 Å². The van der Waals surface area contributed by atoms with Gasteiger partial charge >= 0.3 is 29.6 Å². The number of hydrogen-bond acceptors (Lipinski definition) is 4. The van der Waals surface area contributed by atoms with E-state index in [2.05, 4.69) is 17.5 Å². The number of carboxylic acid groups (broad SMARTS) is 1. The van der Waals surface area contributed by atoms with Crippen LogP contribution in [0.25, 0.3) is 0 Å². The molecule has 2 rings (SSSR count). The van der Waals surface area contributed by atoms with Crippen LogP contribution in [0, 0.1) is 5.92 Å². The van der Waals surface area contributed by atoms with Crippen LogP contribution < -0.4 is 40.0 Å². The van der Waals surface area contributed by atoms with Gasteiger partial charge in [-0.3, -0.25) is 4.79 Å². The second-order valence-electron chi connectivity index (χ2n) is 4.56. The standard InChI is InChI=1S/C12H17NO3S.Na/c14-11(13-7-8-3-1-2-4-8)9-5-6-10(17-9)12(15)16;/h1-2,8-10H,3-7H2,(H,13,14)(H,15,16);/q;+1/p-1/t9-,10+;/m0./s1. The molecule has 0 radical (unpaired) electrons. The summed E-state index contributed by atoms with van der Waals surface area (Å²) in [5.74, 6) is -0.557. The van der Waals surface area contributed by atoms with Gasteiger partial charge < -0.3 is 15.2 Å². The first kappa shape index (κ1) is 16.1. The topological polar surface area (TPSA) is 69.2 Å². The van der Waals surface area contributed by atoms with Gasteiger partial charge in [-0.1, -0.05) is 12.2 Å². The van der Waals surface area contributed by atoms with E-state index < -0.39 is 11.2 Å². The zero-order valence-corrected chi connectivity index (χ0v) is 13.4. The first-order valence-electron chi connectivity index (χ1n) is 5.96. The van der Waals surface area contributed by atoms with Crippen molar-refractivity contribution < 1.29 is 44.3 Å². The molecule has 0 aromatic carbocycles. The molecule has 1 aliphatic heterocycles. The third-order valence-electron chi connectivity index (χ3n) is 3.25. The maximum absolute atomic E-state index is 11.8. The summed E-state index contributed by atoms with van der Waals surface area (Å²) < 4.78 is 0. The van der Waals surface area contributed by atoms with Crippen LogP contribution in [0.5, 0.6) is 0 Å². The average molecular weight is 277 g/mol. The minimum atomic E-state index is -1.05. The summed E-state index contributed by atoms with van der Waals surface area (Å²) in [4.78, 5) is 22.5. The zero-order chi connectivity index (χ0) is 12.3. The van der Waals surface area contributed by atoms with Crippen LogP contribution in [0.2, 0.25) is 0 Å². The van der Waals surface area contributed by atoms with E-state index in [9.17, 15) is 14.7 Å². The van der Waals surface area contributed by atoms with E-state index in [1.54, 1.807) is 0 Å². The van der Waals surface area contributed by atoms with Gasteiger partial charge in [0.15, 0.2) is 0 Å². The first-order valence-corrected chi connectivity index (χ1v) is 6.90. The summed E-state index contributed by atoms with van der Waals surface area (Å²) in [7, 11) is 0. The summed E-state index contributed by atoms with van der Waals surface area (Å²) in [6, 6.07) is 0. The van der Waals surface area contributed by atoms with Crippen LogP contribution in [0.3, 0.4) is 0 Å². The van der Waals surface area contributed by atoms with E-state index in [-0.39, 0.29) is 40.7 Å². The van der Waals surface area contributed by atoms with E-state index in [0.29, 0.717) is 25.3 Å². The van der Waals surface area contributed by atoms with Gasteiger partial charge in [-0.25, -0.2) is 0 Å². The van der Waals surface area contributed by atoms with Gasteiger partial charge in [-0.05, 0) is 31.6 Å². The van der Waals surface area contributed by atoms with Crippen molar-refractivity contribution in [3.05, 3.63) is 12.2 Å². The molecule has 0 bridgehead atoms. The number of rotatable bonds is 4. The van der Waals surface area contributed by atoms with Crippen molar-refractivity contribution >= 4 is 23.6 Å². The maximum Gasteiger partial charge on any atom is 1.00 e. The molecule has 0 aromatic heterocycles. The molecule has 1 N–H and O–H groups in total. The SMILES string of the molecule is O=C(NCC1CC=CC1)[C@@H]1CC[C@H](C(=O)[O-])S1.[Na+]. The minimum Gasteiger partial charge on any atom is -0.549 e. The number of amides is 1. The van der Waals surface area contributed by atoms with Crippen molar-refractivity contribution in [1.29, 1.82) is 0 Å². The molecule has 1 aliphatic carbocycles. The Kier molecular flexibility index (Phi) is 6.77. The van der Waals surface area contributed by atoms with Crippen LogP contribution >= 0.6 is 11.8 Å². The van der Waals surface area contributed by atoms with Crippen molar-refractivity contribution in [2.45, 2.75) is 36.2 Å². The summed E-state index contributed by atoms with van der Waals surface area (Å²) in [6.45, 7) is 0.693. The molecular weight excluding hydrogens is 261 g/mol. The minimum absolute atomic E-state index is 0. The van der Waals surface area contributed by atoms with E-state index in [0.717, 1.165) is 12.8 Å². The Morgan fingerprint density at radius 2 is 1.83 bits per heavy atom. The van der Waals surface area contributed by atoms with Gasteiger partial charge in [0.2, 0.25) is 5.91 Å². The molecule has 4 nitrogen and oxygen atoms in total. The second-order valence-corrected chi connectivity index (χ2v) is 5.97. The number of carboxylic acids is 1. The Morgan fingerprint density at radius 3 is 2.39 bits per heavy atom. The van der Waals surface area contributed by atoms with Crippen LogP contribution in [0.1, 0.15) is 25.7 Å². The van der Waals surface area contributed by atoms with Crippen molar-refractivity contribution in [2.24, 2.45) is 5.92 Å². The third kappa shape index (κ3) is 4.30. The second kappa shape index (κ2) is 7.58. The molecule has 1 amide bonds. The van der Waals surface area contributed by atoms with Gasteiger partial charge in [0, 0.05) is 11.8 Å². The smallest absolute Gasteiger partial charge is 0.549 e. The molecule has 0 saturated carbocycles. The zero-order valence-electron chi connectivity index (χ0n) is 10.6. The molecule has 2 aliphatic rings. The monoisotopic (exact) mass is 277 g/mol. The molecule has 1 heterocycles. The molecule has 1 saturated heterocycles. The average Bonchev–Trinajstić information content (AvgIpc) is 2.96. The fraction of sp³-hybridized carbons (Fsp3) is 0.667. The molecule has 2 atom stereocenters. The van der Waals surface area contributed by atoms with Gasteiger partial charge in [0.25, 0.3) is 0 Å². The van der Waals surface area contributed by atoms with Gasteiger partial charge in [0.1, 0.15) is 0 Å². The summed E-state index contributed by atoms with van der Waals surface area (Å²) >= 11 is 1.22. The van der Waals surface area contributed by atoms with Crippen molar-refractivity contribution in [2.75, 3.05) is 6.54 Å². The van der Waals surface area contributed by atoms with E-state index >= 15 is 0 Å². The normalized spacial score (nSPS) is 26.9. The van der Waals surface area contributed by atoms with E-state index in [4.69, 9.17) is 0 Å². The van der Waals surface area contributed by atoms with Crippen LogP contribution in [0.15, 0.2) is 12.2 Å². The predicted octanol–water partition coefficient (Wildman–Crippen LogP) is -2.91. The summed E-state index contributed by atoms with van der Waals surface area (Å²) in [5, 5.41) is 12.8. The number of thioether (sulfide) groups is 1. The number of carbonyl (C=O) groups excluding carboxylic acids is 2. The molecular formula is C12H16NNaO3S. The summed E-state index contributed by atoms with van der Waals surface area (Å²) in [5.41, 5.74) is 0. The van der Waals surface area contributed by atoms with E-state index in [1.807, 2.05) is 0 Å². The Balaban J connectivity index is 0.00000162. The van der Waals surface area contributed by atoms with Crippen LogP contribution in [-0.4, -0.2) is 28.9 Å². The largest absolute Gasteiger partial charge is 1.00 e. The number of carbonyl (C=O) groups is 2. The van der Waals surface area contributed by atoms with Crippen LogP contribution in [0.4, 0.5) is 0 Å². The Morgan fingerprint density at radius 1 is 1.22 bits per heavy atom. The molecule has 18 heavy (non-hydrogen) atoms. The summed E-state index contributed by atoms with van der Waals surface area (Å²) in [6.07, 6.45) is 7.49. The van der Waals surface area contributed by atoms with Crippen molar-refractivity contribution in [3.63, 3.8) is 0 Å². The van der Waals surface area contributed by atoms with Crippen LogP contribution in [-0.2, 0) is 9.59 Å². The number of hydrogen-bond donors (Lipinski definition) is 1. The fourth-order valence-electron chi connectivity index (χ4n) is 2.20. The van der Waals surface area contributed by atoms with Crippen molar-refractivity contribution in [1.82, 2.24) is 5.32 Å². The Hall–Kier alpha value is 0.0300. The van der Waals surface area contributed by atoms with Gasteiger partial charge in [-0.15, -0.1) is 11.8 Å². The van der Waals surface area contributed by atoms with Gasteiger partial charge in [-0.2, -0.15) is 0 Å². The number of nitrogens with one attached hydrogen (secondary N) is 1. The molecule has 94 valence electrons. The van der Waals surface area contributed by atoms with Crippen molar-refractivity contribution in [3.8, 4) is 0 Å². The number of allylic oxidation sites excluding steroid dienone is 2. The van der Waals surface area contributed by atoms with E-state index in [1.165, 1.54) is 11.8 Å².